The first-order valence-corrected chi connectivity index (χ1v) is 9.57. The molecule has 142 valence electrons. The van der Waals surface area contributed by atoms with Gasteiger partial charge in [0.1, 0.15) is 0 Å². The van der Waals surface area contributed by atoms with Gasteiger partial charge in [0.15, 0.2) is 0 Å². The number of fused-ring (bicyclic) bond motifs is 1. The summed E-state index contributed by atoms with van der Waals surface area (Å²) in [5.41, 5.74) is 2.83. The van der Waals surface area contributed by atoms with Crippen LogP contribution >= 0.6 is 0 Å². The molecule has 0 fully saturated rings. The van der Waals surface area contributed by atoms with Crippen LogP contribution in [0.4, 0.5) is 0 Å². The maximum absolute atomic E-state index is 13.0. The highest BCUT2D eigenvalue weighted by atomic mass is 16.2. The van der Waals surface area contributed by atoms with Gasteiger partial charge in [-0.3, -0.25) is 9.59 Å². The Balaban J connectivity index is 1.45. The number of carbonyl (C=O) groups is 2. The van der Waals surface area contributed by atoms with Crippen LogP contribution in [-0.2, 0) is 11.3 Å². The van der Waals surface area contributed by atoms with Crippen LogP contribution in [0.1, 0.15) is 34.1 Å². The van der Waals surface area contributed by atoms with Crippen LogP contribution in [0.5, 0.6) is 0 Å². The third-order valence-electron chi connectivity index (χ3n) is 5.13. The number of nitrogens with one attached hydrogen (secondary N) is 1. The van der Waals surface area contributed by atoms with Crippen molar-refractivity contribution in [1.82, 2.24) is 14.8 Å². The summed E-state index contributed by atoms with van der Waals surface area (Å²) < 4.78 is 2.21. The van der Waals surface area contributed by atoms with Gasteiger partial charge < -0.3 is 14.8 Å². The van der Waals surface area contributed by atoms with Crippen molar-refractivity contribution in [3.05, 3.63) is 95.8 Å². The van der Waals surface area contributed by atoms with Gasteiger partial charge in [-0.1, -0.05) is 48.5 Å². The average molecular weight is 373 g/mol. The molecule has 5 nitrogen and oxygen atoms in total. The highest BCUT2D eigenvalue weighted by molar-refractivity contribution is 5.94. The van der Waals surface area contributed by atoms with E-state index in [1.54, 1.807) is 12.1 Å². The van der Waals surface area contributed by atoms with Crippen molar-refractivity contribution in [3.63, 3.8) is 0 Å². The SMILES string of the molecule is O=C(NCCC(=O)N1CCn2cccc2C1c1ccccc1)c1ccccc1. The average Bonchev–Trinajstić information content (AvgIpc) is 3.23. The van der Waals surface area contributed by atoms with Crippen molar-refractivity contribution in [3.8, 4) is 0 Å². The van der Waals surface area contributed by atoms with Crippen LogP contribution in [0.3, 0.4) is 0 Å². The molecule has 1 unspecified atom stereocenters. The summed E-state index contributed by atoms with van der Waals surface area (Å²) in [5.74, 6) is -0.102. The Morgan fingerprint density at radius 1 is 0.893 bits per heavy atom. The number of carbonyl (C=O) groups excluding carboxylic acids is 2. The van der Waals surface area contributed by atoms with Crippen molar-refractivity contribution < 1.29 is 9.59 Å². The first-order chi connectivity index (χ1) is 13.7. The summed E-state index contributed by atoms with van der Waals surface area (Å²) in [6.07, 6.45) is 2.34. The number of rotatable bonds is 5. The molecule has 3 aromatic rings. The summed E-state index contributed by atoms with van der Waals surface area (Å²) in [6.45, 7) is 1.77. The predicted molar refractivity (Wildman–Crippen MR) is 108 cm³/mol. The normalized spacial score (nSPS) is 15.7. The summed E-state index contributed by atoms with van der Waals surface area (Å²) in [7, 11) is 0. The highest BCUT2D eigenvalue weighted by Crippen LogP contribution is 2.32. The Hall–Kier alpha value is -3.34. The molecule has 28 heavy (non-hydrogen) atoms. The molecule has 4 rings (SSSR count). The minimum atomic E-state index is -0.152. The number of nitrogens with zero attached hydrogens (tertiary/aromatic N) is 2. The number of aromatic nitrogens is 1. The van der Waals surface area contributed by atoms with Gasteiger partial charge in [-0.2, -0.15) is 0 Å². The quantitative estimate of drug-likeness (QED) is 0.746. The topological polar surface area (TPSA) is 54.3 Å². The smallest absolute Gasteiger partial charge is 0.251 e. The second-order valence-corrected chi connectivity index (χ2v) is 6.90. The largest absolute Gasteiger partial charge is 0.352 e. The standard InChI is InChI=1S/C23H23N3O2/c27-21(13-14-24-23(28)19-10-5-2-6-11-19)26-17-16-25-15-7-12-20(25)22(26)18-8-3-1-4-9-18/h1-12,15,22H,13-14,16-17H2,(H,24,28). The second-order valence-electron chi connectivity index (χ2n) is 6.90. The molecule has 1 aromatic heterocycles. The molecule has 1 N–H and O–H groups in total. The van der Waals surface area contributed by atoms with Crippen LogP contribution in [-0.4, -0.2) is 34.4 Å². The number of amides is 2. The fourth-order valence-corrected chi connectivity index (χ4v) is 3.76. The Kier molecular flexibility index (Phi) is 5.24. The van der Waals surface area contributed by atoms with Gasteiger partial charge in [0.05, 0.1) is 6.04 Å². The maximum Gasteiger partial charge on any atom is 0.251 e. The van der Waals surface area contributed by atoms with Crippen LogP contribution in [0.2, 0.25) is 0 Å². The molecule has 0 aliphatic carbocycles. The molecule has 5 heteroatoms. The lowest BCUT2D eigenvalue weighted by molar-refractivity contribution is -0.133. The van der Waals surface area contributed by atoms with Gasteiger partial charge in [0.25, 0.3) is 5.91 Å². The monoisotopic (exact) mass is 373 g/mol. The van der Waals surface area contributed by atoms with E-state index >= 15 is 0 Å². The van der Waals surface area contributed by atoms with E-state index in [0.29, 0.717) is 18.7 Å². The first-order valence-electron chi connectivity index (χ1n) is 9.57. The summed E-state index contributed by atoms with van der Waals surface area (Å²) in [5, 5.41) is 2.85. The van der Waals surface area contributed by atoms with Gasteiger partial charge in [-0.25, -0.2) is 0 Å². The van der Waals surface area contributed by atoms with Crippen molar-refractivity contribution in [1.29, 1.82) is 0 Å². The Labute approximate surface area is 164 Å². The fourth-order valence-electron chi connectivity index (χ4n) is 3.76. The summed E-state index contributed by atoms with van der Waals surface area (Å²) >= 11 is 0. The van der Waals surface area contributed by atoms with Crippen molar-refractivity contribution in [2.75, 3.05) is 13.1 Å². The van der Waals surface area contributed by atoms with Gasteiger partial charge in [0, 0.05) is 43.5 Å². The van der Waals surface area contributed by atoms with Crippen LogP contribution < -0.4 is 5.32 Å². The number of hydrogen-bond acceptors (Lipinski definition) is 2. The molecule has 2 aromatic carbocycles. The molecular weight excluding hydrogens is 350 g/mol. The molecule has 1 aliphatic heterocycles. The Morgan fingerprint density at radius 2 is 1.61 bits per heavy atom. The molecule has 2 amide bonds. The fraction of sp³-hybridized carbons (Fsp3) is 0.217. The third-order valence-corrected chi connectivity index (χ3v) is 5.13. The molecule has 0 spiro atoms. The second kappa shape index (κ2) is 8.13. The van der Waals surface area contributed by atoms with E-state index in [0.717, 1.165) is 17.8 Å². The van der Waals surface area contributed by atoms with Crippen LogP contribution in [0, 0.1) is 0 Å². The van der Waals surface area contributed by atoms with Crippen molar-refractivity contribution in [2.45, 2.75) is 19.0 Å². The summed E-state index contributed by atoms with van der Waals surface area (Å²) in [6, 6.07) is 23.2. The lowest BCUT2D eigenvalue weighted by atomic mass is 9.99. The molecular formula is C23H23N3O2. The number of benzene rings is 2. The molecule has 2 heterocycles. The van der Waals surface area contributed by atoms with E-state index in [-0.39, 0.29) is 24.3 Å². The van der Waals surface area contributed by atoms with Crippen molar-refractivity contribution >= 4 is 11.8 Å². The minimum Gasteiger partial charge on any atom is -0.352 e. The molecule has 0 radical (unpaired) electrons. The zero-order chi connectivity index (χ0) is 19.3. The lowest BCUT2D eigenvalue weighted by Gasteiger charge is -2.37. The maximum atomic E-state index is 13.0. The Bertz CT molecular complexity index is 950. The van der Waals surface area contributed by atoms with E-state index < -0.39 is 0 Å². The minimum absolute atomic E-state index is 0.0506. The molecule has 0 saturated carbocycles. The molecule has 1 atom stereocenters. The van der Waals surface area contributed by atoms with E-state index in [2.05, 4.69) is 34.3 Å². The van der Waals surface area contributed by atoms with Gasteiger partial charge >= 0.3 is 0 Å². The van der Waals surface area contributed by atoms with E-state index in [1.165, 1.54) is 0 Å². The molecule has 0 bridgehead atoms. The van der Waals surface area contributed by atoms with E-state index in [1.807, 2.05) is 47.4 Å². The molecule has 1 aliphatic rings. The van der Waals surface area contributed by atoms with Gasteiger partial charge in [-0.05, 0) is 29.8 Å². The highest BCUT2D eigenvalue weighted by Gasteiger charge is 2.31. The molecule has 0 saturated heterocycles. The predicted octanol–water partition coefficient (Wildman–Crippen LogP) is 3.24. The van der Waals surface area contributed by atoms with Gasteiger partial charge in [-0.15, -0.1) is 0 Å². The van der Waals surface area contributed by atoms with Crippen LogP contribution in [0.25, 0.3) is 0 Å². The summed E-state index contributed by atoms with van der Waals surface area (Å²) in [4.78, 5) is 27.1. The van der Waals surface area contributed by atoms with Gasteiger partial charge in [0.2, 0.25) is 5.91 Å². The Morgan fingerprint density at radius 3 is 2.36 bits per heavy atom. The van der Waals surface area contributed by atoms with E-state index in [4.69, 9.17) is 0 Å². The zero-order valence-electron chi connectivity index (χ0n) is 15.6. The zero-order valence-corrected chi connectivity index (χ0v) is 15.6. The lowest BCUT2D eigenvalue weighted by Crippen LogP contribution is -2.43. The van der Waals surface area contributed by atoms with Crippen molar-refractivity contribution in [2.24, 2.45) is 0 Å². The van der Waals surface area contributed by atoms with E-state index in [9.17, 15) is 9.59 Å². The first kappa shape index (κ1) is 18.0. The van der Waals surface area contributed by atoms with Crippen LogP contribution in [0.15, 0.2) is 79.0 Å². The third kappa shape index (κ3) is 3.69. The number of hydrogen-bond donors (Lipinski definition) is 1.